The van der Waals surface area contributed by atoms with E-state index < -0.39 is 10.6 Å². The molecule has 0 bridgehead atoms. The molecule has 7 heteroatoms. The Morgan fingerprint density at radius 3 is 2.04 bits per heavy atom. The molecule has 0 radical (unpaired) electrons. The molecule has 0 amide bonds. The minimum Gasteiger partial charge on any atom is -0.412 e. The molecule has 2 aliphatic rings. The van der Waals surface area contributed by atoms with Crippen molar-refractivity contribution in [3.8, 4) is 0 Å². The van der Waals surface area contributed by atoms with Crippen molar-refractivity contribution in [3.05, 3.63) is 0 Å². The van der Waals surface area contributed by atoms with Gasteiger partial charge < -0.3 is 10.2 Å². The maximum Gasteiger partial charge on any atom is 0.0976 e. The van der Waals surface area contributed by atoms with Crippen LogP contribution in [0.1, 0.15) is 81.6 Å². The van der Waals surface area contributed by atoms with Crippen LogP contribution in [0.15, 0.2) is 0 Å². The molecule has 26 heavy (non-hydrogen) atoms. The highest BCUT2D eigenvalue weighted by Gasteiger charge is 2.39. The third-order valence-electron chi connectivity index (χ3n) is 3.95. The lowest BCUT2D eigenvalue weighted by Crippen LogP contribution is -2.34. The van der Waals surface area contributed by atoms with E-state index >= 15 is 0 Å². The summed E-state index contributed by atoms with van der Waals surface area (Å²) < 4.78 is 19.2. The van der Waals surface area contributed by atoms with Gasteiger partial charge in [-0.05, 0) is 47.0 Å². The van der Waals surface area contributed by atoms with Crippen LogP contribution in [0.4, 0.5) is 0 Å². The molecule has 5 atom stereocenters. The van der Waals surface area contributed by atoms with Crippen LogP contribution in [-0.2, 0) is 12.5 Å². The Kier molecular flexibility index (Phi) is 17.2. The van der Waals surface area contributed by atoms with Crippen molar-refractivity contribution in [1.29, 1.82) is 0 Å². The molecule has 4 nitrogen and oxygen atoms in total. The lowest BCUT2D eigenvalue weighted by atomic mass is 10.2. The van der Waals surface area contributed by atoms with Gasteiger partial charge in [-0.25, -0.2) is 3.63 Å². The summed E-state index contributed by atoms with van der Waals surface area (Å²) in [4.78, 5) is 0. The SMILES string of the molecule is CC.CC(C)I.CC1CC[C@@H](COS2(C(C)C)OSC(C)CC2C)O1.O. The number of hydrogen-bond acceptors (Lipinski definition) is 4. The molecule has 0 aliphatic carbocycles. The van der Waals surface area contributed by atoms with Gasteiger partial charge in [-0.2, -0.15) is 10.6 Å². The molecule has 0 saturated carbocycles. The molecule has 2 heterocycles. The predicted molar refractivity (Wildman–Crippen MR) is 129 cm³/mol. The Morgan fingerprint density at radius 2 is 1.65 bits per heavy atom. The van der Waals surface area contributed by atoms with Crippen LogP contribution in [0.25, 0.3) is 0 Å². The third-order valence-corrected chi connectivity index (χ3v) is 8.77. The summed E-state index contributed by atoms with van der Waals surface area (Å²) >= 11 is 3.95. The van der Waals surface area contributed by atoms with Gasteiger partial charge in [0.25, 0.3) is 0 Å². The lowest BCUT2D eigenvalue weighted by molar-refractivity contribution is 0.0274. The smallest absolute Gasteiger partial charge is 0.0976 e. The number of ether oxygens (including phenoxy) is 1. The van der Waals surface area contributed by atoms with Crippen molar-refractivity contribution in [2.45, 2.75) is 113 Å². The van der Waals surface area contributed by atoms with Crippen molar-refractivity contribution in [2.24, 2.45) is 0 Å². The minimum absolute atomic E-state index is 0. The fourth-order valence-electron chi connectivity index (χ4n) is 2.84. The van der Waals surface area contributed by atoms with Crippen molar-refractivity contribution >= 4 is 45.2 Å². The number of halogens is 1. The predicted octanol–water partition coefficient (Wildman–Crippen LogP) is 6.49. The Labute approximate surface area is 182 Å². The molecule has 2 N–H and O–H groups in total. The zero-order valence-corrected chi connectivity index (χ0v) is 22.0. The first kappa shape index (κ1) is 29.5. The second-order valence-corrected chi connectivity index (χ2v) is 14.3. The highest BCUT2D eigenvalue weighted by molar-refractivity contribution is 14.1. The van der Waals surface area contributed by atoms with Gasteiger partial charge in [-0.3, -0.25) is 4.18 Å². The van der Waals surface area contributed by atoms with Crippen molar-refractivity contribution in [2.75, 3.05) is 6.61 Å². The topological polar surface area (TPSA) is 59.2 Å². The average molecular weight is 527 g/mol. The summed E-state index contributed by atoms with van der Waals surface area (Å²) in [5, 5.41) is 1.50. The van der Waals surface area contributed by atoms with E-state index in [1.54, 1.807) is 12.0 Å². The maximum absolute atomic E-state index is 6.34. The molecule has 2 saturated heterocycles. The molecule has 0 aromatic carbocycles. The maximum atomic E-state index is 6.34. The second-order valence-electron chi connectivity index (χ2n) is 7.10. The molecule has 0 spiro atoms. The molecular weight excluding hydrogens is 483 g/mol. The first-order valence-electron chi connectivity index (χ1n) is 9.77. The molecule has 2 rings (SSSR count). The van der Waals surface area contributed by atoms with Crippen molar-refractivity contribution in [1.82, 2.24) is 0 Å². The first-order chi connectivity index (χ1) is 11.7. The zero-order chi connectivity index (χ0) is 19.6. The van der Waals surface area contributed by atoms with Gasteiger partial charge in [0, 0.05) is 31.7 Å². The van der Waals surface area contributed by atoms with Gasteiger partial charge in [-0.1, -0.05) is 57.2 Å². The Hall–Kier alpha value is 1.27. The van der Waals surface area contributed by atoms with Crippen LogP contribution in [0.5, 0.6) is 0 Å². The summed E-state index contributed by atoms with van der Waals surface area (Å²) in [6, 6.07) is 0. The number of hydrogen-bond donors (Lipinski definition) is 0. The fourth-order valence-corrected chi connectivity index (χ4v) is 8.04. The normalized spacial score (nSPS) is 36.2. The van der Waals surface area contributed by atoms with Crippen LogP contribution in [0, 0.1) is 0 Å². The third kappa shape index (κ3) is 10.2. The molecule has 0 aromatic rings. The Morgan fingerprint density at radius 1 is 1.12 bits per heavy atom. The van der Waals surface area contributed by atoms with Gasteiger partial charge in [0.15, 0.2) is 0 Å². The summed E-state index contributed by atoms with van der Waals surface area (Å²) in [5.41, 5.74) is 0. The van der Waals surface area contributed by atoms with Crippen LogP contribution in [-0.4, -0.2) is 44.0 Å². The molecule has 162 valence electrons. The summed E-state index contributed by atoms with van der Waals surface area (Å²) in [5.74, 6) is 0. The van der Waals surface area contributed by atoms with Crippen LogP contribution >= 0.6 is 45.2 Å². The molecule has 0 aromatic heterocycles. The zero-order valence-electron chi connectivity index (χ0n) is 18.2. The van der Waals surface area contributed by atoms with E-state index in [9.17, 15) is 0 Å². The largest absolute Gasteiger partial charge is 0.412 e. The fraction of sp³-hybridized carbons (Fsp3) is 1.00. The highest BCUT2D eigenvalue weighted by Crippen LogP contribution is 2.65. The van der Waals surface area contributed by atoms with Crippen molar-refractivity contribution in [3.63, 3.8) is 0 Å². The van der Waals surface area contributed by atoms with Crippen molar-refractivity contribution < 1.29 is 18.0 Å². The molecule has 4 unspecified atom stereocenters. The van der Waals surface area contributed by atoms with Gasteiger partial charge in [0.05, 0.1) is 18.8 Å². The lowest BCUT2D eigenvalue weighted by Gasteiger charge is -2.53. The summed E-state index contributed by atoms with van der Waals surface area (Å²) in [6.07, 6.45) is 4.10. The van der Waals surface area contributed by atoms with E-state index in [0.29, 0.717) is 28.5 Å². The summed E-state index contributed by atoms with van der Waals surface area (Å²) in [7, 11) is -1.45. The summed E-state index contributed by atoms with van der Waals surface area (Å²) in [6.45, 7) is 20.1. The molecule has 2 fully saturated rings. The monoisotopic (exact) mass is 526 g/mol. The van der Waals surface area contributed by atoms with E-state index in [-0.39, 0.29) is 11.6 Å². The number of rotatable bonds is 4. The second kappa shape index (κ2) is 15.2. The molecule has 2 aliphatic heterocycles. The first-order valence-corrected chi connectivity index (χ1v) is 13.4. The van der Waals surface area contributed by atoms with E-state index in [0.717, 1.165) is 16.8 Å². The Balaban J connectivity index is 0. The van der Waals surface area contributed by atoms with E-state index in [4.69, 9.17) is 12.5 Å². The van der Waals surface area contributed by atoms with Gasteiger partial charge in [-0.15, -0.1) is 0 Å². The van der Waals surface area contributed by atoms with E-state index in [1.807, 2.05) is 13.8 Å². The van der Waals surface area contributed by atoms with Gasteiger partial charge in [0.2, 0.25) is 0 Å². The highest BCUT2D eigenvalue weighted by atomic mass is 127. The average Bonchev–Trinajstić information content (AvgIpc) is 2.93. The number of alkyl halides is 1. The van der Waals surface area contributed by atoms with Gasteiger partial charge in [0.1, 0.15) is 0 Å². The van der Waals surface area contributed by atoms with E-state index in [1.165, 1.54) is 6.42 Å². The Bertz CT molecular complexity index is 345. The van der Waals surface area contributed by atoms with Crippen LogP contribution in [0.3, 0.4) is 0 Å². The van der Waals surface area contributed by atoms with Crippen LogP contribution < -0.4 is 0 Å². The van der Waals surface area contributed by atoms with Gasteiger partial charge >= 0.3 is 0 Å². The quantitative estimate of drug-likeness (QED) is 0.239. The minimum atomic E-state index is -1.45. The van der Waals surface area contributed by atoms with Crippen LogP contribution in [0.2, 0.25) is 0 Å². The standard InChI is InChI=1S/C14H28O3S2.C3H7I.C2H6.H2O/c1-10(2)19(13(5)8-12(4)18-17-19)15-9-14-7-6-11(3)16-14;1-3(2)4;1-2;/h10-14H,6-9H2,1-5H3;3H,1-2H3;1-2H3;1H2/t11?,12?,13?,14-;;;/m0.../s1. The van der Waals surface area contributed by atoms with E-state index in [2.05, 4.69) is 71.1 Å². The molecular formula is C19H43IO4S2.